The fourth-order valence-electron chi connectivity index (χ4n) is 4.41. The minimum Gasteiger partial charge on any atom is -0.480 e. The summed E-state index contributed by atoms with van der Waals surface area (Å²) in [6, 6.07) is 25.2. The summed E-state index contributed by atoms with van der Waals surface area (Å²) in [5, 5.41) is 24.5. The molecule has 1 heterocycles. The van der Waals surface area contributed by atoms with Crippen molar-refractivity contribution < 1.29 is 19.9 Å². The lowest BCUT2D eigenvalue weighted by Gasteiger charge is -2.13. The predicted molar refractivity (Wildman–Crippen MR) is 148 cm³/mol. The number of rotatable bonds is 9. The van der Waals surface area contributed by atoms with Crippen LogP contribution in [-0.4, -0.2) is 39.4 Å². The van der Waals surface area contributed by atoms with Crippen molar-refractivity contribution in [2.45, 2.75) is 26.7 Å². The van der Waals surface area contributed by atoms with Gasteiger partial charge in [0.1, 0.15) is 6.54 Å². The van der Waals surface area contributed by atoms with Gasteiger partial charge in [-0.3, -0.25) is 14.6 Å². The number of benzene rings is 3. The van der Waals surface area contributed by atoms with Crippen molar-refractivity contribution in [3.63, 3.8) is 0 Å². The lowest BCUT2D eigenvalue weighted by Crippen LogP contribution is -2.29. The third-order valence-corrected chi connectivity index (χ3v) is 6.46. The molecule has 0 saturated carbocycles. The highest BCUT2D eigenvalue weighted by Gasteiger charge is 2.13. The monoisotopic (exact) mass is 507 g/mol. The molecule has 192 valence electrons. The molecule has 0 aliphatic heterocycles. The minimum atomic E-state index is -1.09. The normalized spacial score (nSPS) is 11.3. The van der Waals surface area contributed by atoms with E-state index in [0.29, 0.717) is 24.1 Å². The lowest BCUT2D eigenvalue weighted by atomic mass is 9.92. The Balaban J connectivity index is 1.43. The Labute approximate surface area is 221 Å². The number of hydrogen-bond acceptors (Lipinski definition) is 5. The fourth-order valence-corrected chi connectivity index (χ4v) is 4.41. The number of carboxylic acids is 1. The van der Waals surface area contributed by atoms with Crippen LogP contribution >= 0.6 is 0 Å². The van der Waals surface area contributed by atoms with Gasteiger partial charge in [-0.25, -0.2) is 0 Å². The number of nitrogens with zero attached hydrogens (tertiary/aromatic N) is 2. The van der Waals surface area contributed by atoms with Crippen LogP contribution in [0.4, 0.5) is 0 Å². The molecule has 3 N–H and O–H groups in total. The molecule has 38 heavy (non-hydrogen) atoms. The first-order valence-electron chi connectivity index (χ1n) is 12.3. The zero-order chi connectivity index (χ0) is 27.1. The number of carbonyl (C=O) groups excluding carboxylic acids is 1. The van der Waals surface area contributed by atoms with Crippen molar-refractivity contribution in [2.75, 3.05) is 6.54 Å². The molecule has 0 atom stereocenters. The Morgan fingerprint density at radius 2 is 1.58 bits per heavy atom. The van der Waals surface area contributed by atoms with E-state index in [-0.39, 0.29) is 0 Å². The summed E-state index contributed by atoms with van der Waals surface area (Å²) < 4.78 is 0. The first kappa shape index (κ1) is 26.3. The molecule has 1 aromatic heterocycles. The molecule has 0 aliphatic rings. The third-order valence-electron chi connectivity index (χ3n) is 6.46. The van der Waals surface area contributed by atoms with E-state index in [2.05, 4.69) is 21.5 Å². The van der Waals surface area contributed by atoms with Crippen molar-refractivity contribution in [3.05, 3.63) is 113 Å². The molecule has 7 heteroatoms. The molecule has 0 fully saturated rings. The van der Waals surface area contributed by atoms with Crippen LogP contribution in [0.25, 0.3) is 22.3 Å². The highest BCUT2D eigenvalue weighted by molar-refractivity contribution is 6.03. The number of aryl methyl sites for hydroxylation is 2. The second kappa shape index (κ2) is 12.0. The van der Waals surface area contributed by atoms with Crippen molar-refractivity contribution in [2.24, 2.45) is 5.16 Å². The first-order valence-corrected chi connectivity index (χ1v) is 12.3. The molecular formula is C31H29N3O4. The summed E-state index contributed by atoms with van der Waals surface area (Å²) in [6.07, 6.45) is 3.09. The van der Waals surface area contributed by atoms with E-state index >= 15 is 0 Å². The van der Waals surface area contributed by atoms with Gasteiger partial charge < -0.3 is 15.6 Å². The van der Waals surface area contributed by atoms with Crippen molar-refractivity contribution in [1.82, 2.24) is 10.3 Å². The van der Waals surface area contributed by atoms with E-state index in [4.69, 9.17) is 5.11 Å². The van der Waals surface area contributed by atoms with Gasteiger partial charge in [-0.15, -0.1) is 0 Å². The number of aliphatic carboxylic acids is 1. The van der Waals surface area contributed by atoms with Crippen LogP contribution in [0, 0.1) is 13.8 Å². The average Bonchev–Trinajstić information content (AvgIpc) is 2.93. The molecule has 0 bridgehead atoms. The van der Waals surface area contributed by atoms with Crippen molar-refractivity contribution in [1.29, 1.82) is 0 Å². The van der Waals surface area contributed by atoms with Crippen LogP contribution in [0.5, 0.6) is 0 Å². The number of carboxylic acid groups (broad SMARTS) is 1. The maximum atomic E-state index is 12.0. The number of amides is 1. The van der Waals surface area contributed by atoms with Crippen LogP contribution in [0.1, 0.15) is 39.2 Å². The number of oxime groups is 1. The summed E-state index contributed by atoms with van der Waals surface area (Å²) in [5.41, 5.74) is 9.19. The smallest absolute Gasteiger partial charge is 0.322 e. The molecular weight excluding hydrogens is 478 g/mol. The molecule has 3 aromatic carbocycles. The highest BCUT2D eigenvalue weighted by atomic mass is 16.4. The van der Waals surface area contributed by atoms with Crippen LogP contribution in [0.2, 0.25) is 0 Å². The summed E-state index contributed by atoms with van der Waals surface area (Å²) >= 11 is 0. The van der Waals surface area contributed by atoms with Gasteiger partial charge in [0.2, 0.25) is 0 Å². The number of hydrogen-bond donors (Lipinski definition) is 3. The molecule has 0 saturated heterocycles. The van der Waals surface area contributed by atoms with E-state index in [1.54, 1.807) is 18.3 Å². The van der Waals surface area contributed by atoms with Gasteiger partial charge in [-0.2, -0.15) is 0 Å². The topological polar surface area (TPSA) is 112 Å². The average molecular weight is 508 g/mol. The van der Waals surface area contributed by atoms with Crippen molar-refractivity contribution in [3.8, 4) is 22.3 Å². The minimum absolute atomic E-state index is 0.404. The molecule has 0 spiro atoms. The summed E-state index contributed by atoms with van der Waals surface area (Å²) in [5.74, 6) is -1.51. The predicted octanol–water partition coefficient (Wildman–Crippen LogP) is 5.66. The quantitative estimate of drug-likeness (QED) is 0.154. The fraction of sp³-hybridized carbons (Fsp3) is 0.161. The molecule has 4 rings (SSSR count). The van der Waals surface area contributed by atoms with Gasteiger partial charge in [0.05, 0.1) is 5.71 Å². The van der Waals surface area contributed by atoms with E-state index in [9.17, 15) is 14.8 Å². The maximum absolute atomic E-state index is 12.0. The molecule has 7 nitrogen and oxygen atoms in total. The first-order chi connectivity index (χ1) is 18.4. The van der Waals surface area contributed by atoms with Gasteiger partial charge in [0.15, 0.2) is 0 Å². The van der Waals surface area contributed by atoms with Gasteiger partial charge in [-0.1, -0.05) is 59.8 Å². The van der Waals surface area contributed by atoms with E-state index in [0.717, 1.165) is 44.6 Å². The SMILES string of the molecule is Cc1cc(-c2cccc(/C(CCc3ccc(-c4ccc(C(=O)NCC(=O)O)cc4)cc3)=N\O)c2C)ccn1. The second-order valence-corrected chi connectivity index (χ2v) is 9.06. The van der Waals surface area contributed by atoms with Gasteiger partial charge >= 0.3 is 5.97 Å². The Morgan fingerprint density at radius 1 is 0.895 bits per heavy atom. The van der Waals surface area contributed by atoms with Crippen LogP contribution in [0.15, 0.2) is 90.2 Å². The molecule has 0 radical (unpaired) electrons. The van der Waals surface area contributed by atoms with Gasteiger partial charge in [0.25, 0.3) is 5.91 Å². The van der Waals surface area contributed by atoms with E-state index in [1.807, 2.05) is 74.5 Å². The Bertz CT molecular complexity index is 1480. The van der Waals surface area contributed by atoms with Gasteiger partial charge in [-0.05, 0) is 84.3 Å². The summed E-state index contributed by atoms with van der Waals surface area (Å²) in [6.45, 7) is 3.59. The Hall–Kier alpha value is -4.78. The molecule has 0 unspecified atom stereocenters. The molecule has 4 aromatic rings. The number of pyridine rings is 1. The largest absolute Gasteiger partial charge is 0.480 e. The summed E-state index contributed by atoms with van der Waals surface area (Å²) in [7, 11) is 0. The summed E-state index contributed by atoms with van der Waals surface area (Å²) in [4.78, 5) is 26.9. The standard InChI is InChI=1S/C31H29N3O4/c1-20-18-26(16-17-32-20)27-4-3-5-28(21(27)2)29(34-38)15-8-22-6-9-23(10-7-22)24-11-13-25(14-12-24)31(37)33-19-30(35)36/h3-7,9-14,16-18,38H,8,15,19H2,1-2H3,(H,33,37)(H,35,36)/b34-29-. The van der Waals surface area contributed by atoms with Crippen LogP contribution < -0.4 is 5.32 Å². The number of nitrogens with one attached hydrogen (secondary N) is 1. The molecule has 0 aliphatic carbocycles. The Kier molecular flexibility index (Phi) is 8.28. The molecule has 1 amide bonds. The van der Waals surface area contributed by atoms with Crippen LogP contribution in [0.3, 0.4) is 0 Å². The highest BCUT2D eigenvalue weighted by Crippen LogP contribution is 2.27. The zero-order valence-electron chi connectivity index (χ0n) is 21.3. The number of carbonyl (C=O) groups is 2. The second-order valence-electron chi connectivity index (χ2n) is 9.06. The lowest BCUT2D eigenvalue weighted by molar-refractivity contribution is -0.135. The zero-order valence-corrected chi connectivity index (χ0v) is 21.3. The van der Waals surface area contributed by atoms with E-state index in [1.165, 1.54) is 0 Å². The maximum Gasteiger partial charge on any atom is 0.322 e. The van der Waals surface area contributed by atoms with E-state index < -0.39 is 18.4 Å². The van der Waals surface area contributed by atoms with Crippen molar-refractivity contribution >= 4 is 17.6 Å². The van der Waals surface area contributed by atoms with Crippen LogP contribution in [-0.2, 0) is 11.2 Å². The Morgan fingerprint density at radius 3 is 2.21 bits per heavy atom. The third kappa shape index (κ3) is 6.31. The number of aromatic nitrogens is 1. The van der Waals surface area contributed by atoms with Gasteiger partial charge in [0, 0.05) is 23.0 Å².